The van der Waals surface area contributed by atoms with E-state index in [1.165, 1.54) is 0 Å². The number of rotatable bonds is 8. The van der Waals surface area contributed by atoms with Gasteiger partial charge in [0.05, 0.1) is 6.61 Å². The first-order chi connectivity index (χ1) is 16.0. The quantitative estimate of drug-likeness (QED) is 0.490. The number of ether oxygens (including phenoxy) is 1. The number of nitrogens with zero attached hydrogens (tertiary/aromatic N) is 3. The number of amides is 1. The standard InChI is InChI=1S/C27H36ClN3O2/c1-21(2)30-17-15-29(16-18-30)13-5-19-33-26-12-11-24(31-14-4-3-6-27(31)32)20-25(26)22-7-9-23(28)10-8-22/h7-12,20-21H,3-6,13-19H2,1-2H3. The van der Waals surface area contributed by atoms with Crippen LogP contribution in [0.25, 0.3) is 11.1 Å². The Morgan fingerprint density at radius 1 is 0.970 bits per heavy atom. The third-order valence-electron chi connectivity index (χ3n) is 6.77. The summed E-state index contributed by atoms with van der Waals surface area (Å²) in [6, 6.07) is 14.6. The van der Waals surface area contributed by atoms with Gasteiger partial charge < -0.3 is 14.5 Å². The Kier molecular flexibility index (Phi) is 8.29. The number of hydrogen-bond acceptors (Lipinski definition) is 4. The van der Waals surface area contributed by atoms with Crippen molar-refractivity contribution in [3.8, 4) is 16.9 Å². The number of hydrogen-bond donors (Lipinski definition) is 0. The van der Waals surface area contributed by atoms with E-state index in [1.807, 2.05) is 41.3 Å². The molecule has 33 heavy (non-hydrogen) atoms. The number of anilines is 1. The summed E-state index contributed by atoms with van der Waals surface area (Å²) in [6.07, 6.45) is 3.65. The second-order valence-corrected chi connectivity index (χ2v) is 9.80. The molecule has 2 fully saturated rings. The van der Waals surface area contributed by atoms with Crippen molar-refractivity contribution in [1.82, 2.24) is 9.80 Å². The van der Waals surface area contributed by atoms with Gasteiger partial charge in [-0.3, -0.25) is 9.69 Å². The van der Waals surface area contributed by atoms with Crippen molar-refractivity contribution < 1.29 is 9.53 Å². The molecule has 2 aliphatic rings. The van der Waals surface area contributed by atoms with Gasteiger partial charge in [-0.1, -0.05) is 23.7 Å². The molecule has 2 aliphatic heterocycles. The maximum absolute atomic E-state index is 12.5. The molecule has 2 heterocycles. The highest BCUT2D eigenvalue weighted by Gasteiger charge is 2.21. The Bertz CT molecular complexity index is 923. The Morgan fingerprint density at radius 3 is 2.42 bits per heavy atom. The van der Waals surface area contributed by atoms with Crippen LogP contribution in [-0.2, 0) is 4.79 Å². The molecule has 6 heteroatoms. The van der Waals surface area contributed by atoms with Crippen LogP contribution in [0.15, 0.2) is 42.5 Å². The Morgan fingerprint density at radius 2 is 1.73 bits per heavy atom. The summed E-state index contributed by atoms with van der Waals surface area (Å²) in [5.74, 6) is 1.06. The molecule has 0 saturated carbocycles. The molecule has 4 rings (SSSR count). The molecule has 5 nitrogen and oxygen atoms in total. The average molecular weight is 470 g/mol. The van der Waals surface area contributed by atoms with Crippen LogP contribution in [0, 0.1) is 0 Å². The maximum Gasteiger partial charge on any atom is 0.226 e. The summed E-state index contributed by atoms with van der Waals surface area (Å²) >= 11 is 6.12. The van der Waals surface area contributed by atoms with Crippen LogP contribution < -0.4 is 9.64 Å². The molecular weight excluding hydrogens is 434 g/mol. The topological polar surface area (TPSA) is 36.0 Å². The van der Waals surface area contributed by atoms with Gasteiger partial charge in [-0.05, 0) is 69.0 Å². The zero-order valence-electron chi connectivity index (χ0n) is 19.9. The van der Waals surface area contributed by atoms with Crippen LogP contribution in [0.4, 0.5) is 5.69 Å². The highest BCUT2D eigenvalue weighted by atomic mass is 35.5. The minimum absolute atomic E-state index is 0.203. The number of piperazine rings is 1. The molecule has 1 amide bonds. The fourth-order valence-corrected chi connectivity index (χ4v) is 4.85. The Labute approximate surface area is 203 Å². The van der Waals surface area contributed by atoms with Crippen LogP contribution in [0.2, 0.25) is 5.02 Å². The van der Waals surface area contributed by atoms with Crippen LogP contribution in [0.5, 0.6) is 5.75 Å². The van der Waals surface area contributed by atoms with Crippen molar-refractivity contribution in [2.45, 2.75) is 45.6 Å². The third kappa shape index (κ3) is 6.28. The molecule has 2 saturated heterocycles. The largest absolute Gasteiger partial charge is 0.493 e. The number of benzene rings is 2. The number of piperidine rings is 1. The second kappa shape index (κ2) is 11.4. The van der Waals surface area contributed by atoms with E-state index in [-0.39, 0.29) is 5.91 Å². The molecule has 0 aliphatic carbocycles. The van der Waals surface area contributed by atoms with E-state index in [0.29, 0.717) is 24.1 Å². The van der Waals surface area contributed by atoms with Gasteiger partial charge >= 0.3 is 0 Å². The van der Waals surface area contributed by atoms with Crippen molar-refractivity contribution >= 4 is 23.2 Å². The van der Waals surface area contributed by atoms with E-state index in [0.717, 1.165) is 81.1 Å². The average Bonchev–Trinajstić information content (AvgIpc) is 2.83. The third-order valence-corrected chi connectivity index (χ3v) is 7.02. The zero-order valence-corrected chi connectivity index (χ0v) is 20.7. The van der Waals surface area contributed by atoms with Crippen molar-refractivity contribution in [3.05, 3.63) is 47.5 Å². The summed E-state index contributed by atoms with van der Waals surface area (Å²) in [5, 5.41) is 0.709. The molecule has 178 valence electrons. The predicted octanol–water partition coefficient (Wildman–Crippen LogP) is 5.32. The molecule has 0 atom stereocenters. The number of carbonyl (C=O) groups excluding carboxylic acids is 1. The Balaban J connectivity index is 1.41. The molecule has 0 aromatic heterocycles. The number of carbonyl (C=O) groups is 1. The lowest BCUT2D eigenvalue weighted by molar-refractivity contribution is -0.119. The minimum atomic E-state index is 0.203. The van der Waals surface area contributed by atoms with Gasteiger partial charge in [0.15, 0.2) is 0 Å². The van der Waals surface area contributed by atoms with E-state index in [4.69, 9.17) is 16.3 Å². The molecular formula is C27H36ClN3O2. The van der Waals surface area contributed by atoms with Gasteiger partial charge in [0.25, 0.3) is 0 Å². The highest BCUT2D eigenvalue weighted by molar-refractivity contribution is 6.30. The van der Waals surface area contributed by atoms with Crippen LogP contribution in [0.3, 0.4) is 0 Å². The maximum atomic E-state index is 12.5. The summed E-state index contributed by atoms with van der Waals surface area (Å²) in [7, 11) is 0. The lowest BCUT2D eigenvalue weighted by Gasteiger charge is -2.36. The molecule has 0 N–H and O–H groups in total. The van der Waals surface area contributed by atoms with E-state index in [9.17, 15) is 4.79 Å². The first-order valence-corrected chi connectivity index (χ1v) is 12.7. The smallest absolute Gasteiger partial charge is 0.226 e. The SMILES string of the molecule is CC(C)N1CCN(CCCOc2ccc(N3CCCCC3=O)cc2-c2ccc(Cl)cc2)CC1. The minimum Gasteiger partial charge on any atom is -0.493 e. The van der Waals surface area contributed by atoms with Crippen LogP contribution in [-0.4, -0.2) is 67.6 Å². The first kappa shape index (κ1) is 24.1. The molecule has 0 bridgehead atoms. The summed E-state index contributed by atoms with van der Waals surface area (Å²) in [6.45, 7) is 11.6. The van der Waals surface area contributed by atoms with E-state index in [2.05, 4.69) is 29.7 Å². The second-order valence-electron chi connectivity index (χ2n) is 9.36. The molecule has 0 radical (unpaired) electrons. The van der Waals surface area contributed by atoms with E-state index >= 15 is 0 Å². The lowest BCUT2D eigenvalue weighted by Crippen LogP contribution is -2.49. The van der Waals surface area contributed by atoms with Crippen LogP contribution in [0.1, 0.15) is 39.5 Å². The summed E-state index contributed by atoms with van der Waals surface area (Å²) in [4.78, 5) is 19.4. The Hall–Kier alpha value is -2.08. The van der Waals surface area contributed by atoms with Gasteiger partial charge in [0, 0.05) is 68.0 Å². The fraction of sp³-hybridized carbons (Fsp3) is 0.519. The van der Waals surface area contributed by atoms with Gasteiger partial charge in [-0.25, -0.2) is 0 Å². The monoisotopic (exact) mass is 469 g/mol. The highest BCUT2D eigenvalue weighted by Crippen LogP contribution is 2.35. The van der Waals surface area contributed by atoms with E-state index in [1.54, 1.807) is 0 Å². The molecule has 2 aromatic carbocycles. The molecule has 0 spiro atoms. The van der Waals surface area contributed by atoms with Crippen LogP contribution >= 0.6 is 11.6 Å². The lowest BCUT2D eigenvalue weighted by atomic mass is 10.0. The molecule has 0 unspecified atom stereocenters. The first-order valence-electron chi connectivity index (χ1n) is 12.3. The number of halogens is 1. The van der Waals surface area contributed by atoms with E-state index < -0.39 is 0 Å². The van der Waals surface area contributed by atoms with Crippen molar-refractivity contribution in [1.29, 1.82) is 0 Å². The van der Waals surface area contributed by atoms with Gasteiger partial charge in [0.1, 0.15) is 5.75 Å². The molecule has 2 aromatic rings. The van der Waals surface area contributed by atoms with Gasteiger partial charge in [-0.15, -0.1) is 0 Å². The predicted molar refractivity (Wildman–Crippen MR) is 136 cm³/mol. The normalized spacial score (nSPS) is 18.2. The summed E-state index contributed by atoms with van der Waals surface area (Å²) in [5.41, 5.74) is 3.00. The zero-order chi connectivity index (χ0) is 23.2. The van der Waals surface area contributed by atoms with Crippen molar-refractivity contribution in [3.63, 3.8) is 0 Å². The summed E-state index contributed by atoms with van der Waals surface area (Å²) < 4.78 is 6.27. The fourth-order valence-electron chi connectivity index (χ4n) is 4.72. The van der Waals surface area contributed by atoms with Crippen molar-refractivity contribution in [2.24, 2.45) is 0 Å². The van der Waals surface area contributed by atoms with Gasteiger partial charge in [0.2, 0.25) is 5.91 Å². The van der Waals surface area contributed by atoms with Crippen molar-refractivity contribution in [2.75, 3.05) is 50.8 Å². The van der Waals surface area contributed by atoms with Gasteiger partial charge in [-0.2, -0.15) is 0 Å².